The molecule has 2 N–H and O–H groups in total. The number of carbonyl (C=O) groups excluding carboxylic acids is 1. The third kappa shape index (κ3) is 3.84. The fourth-order valence-electron chi connectivity index (χ4n) is 2.80. The van der Waals surface area contributed by atoms with Crippen molar-refractivity contribution in [3.05, 3.63) is 65.2 Å². The molecule has 2 aromatic carbocycles. The second-order valence-corrected chi connectivity index (χ2v) is 5.32. The number of hydrogen-bond acceptors (Lipinski definition) is 3. The normalized spacial score (nSPS) is 12.9. The number of phenols is 2. The molecule has 0 aliphatic carbocycles. The quantitative estimate of drug-likeness (QED) is 0.487. The summed E-state index contributed by atoms with van der Waals surface area (Å²) >= 11 is 0. The van der Waals surface area contributed by atoms with Crippen LogP contribution >= 0.6 is 0 Å². The zero-order valence-electron chi connectivity index (χ0n) is 12.8. The molecule has 2 aromatic rings. The molecular formula is C18H18N2O3. The summed E-state index contributed by atoms with van der Waals surface area (Å²) in [5.41, 5.74) is 10.3. The zero-order chi connectivity index (χ0) is 16.8. The molecule has 0 unspecified atom stereocenters. The van der Waals surface area contributed by atoms with E-state index in [4.69, 9.17) is 5.53 Å². The molecule has 23 heavy (non-hydrogen) atoms. The minimum atomic E-state index is -0.541. The Hall–Kier alpha value is -2.91. The lowest BCUT2D eigenvalue weighted by molar-refractivity contribution is -0.117. The lowest BCUT2D eigenvalue weighted by Crippen LogP contribution is -2.21. The Bertz CT molecular complexity index is 717. The van der Waals surface area contributed by atoms with Gasteiger partial charge < -0.3 is 15.7 Å². The van der Waals surface area contributed by atoms with Crippen LogP contribution in [0.15, 0.2) is 48.5 Å². The lowest BCUT2D eigenvalue weighted by Gasteiger charge is -2.24. The summed E-state index contributed by atoms with van der Waals surface area (Å²) < 4.78 is 0. The van der Waals surface area contributed by atoms with Crippen LogP contribution < -0.4 is 0 Å². The second kappa shape index (κ2) is 7.38. The Morgan fingerprint density at radius 2 is 1.52 bits per heavy atom. The lowest BCUT2D eigenvalue weighted by atomic mass is 9.77. The number of benzene rings is 2. The highest BCUT2D eigenvalue weighted by Gasteiger charge is 2.31. The van der Waals surface area contributed by atoms with E-state index in [0.717, 1.165) is 17.3 Å². The van der Waals surface area contributed by atoms with Gasteiger partial charge >= 0.3 is 6.21 Å². The molecule has 0 aromatic heterocycles. The van der Waals surface area contributed by atoms with Crippen molar-refractivity contribution in [1.82, 2.24) is 0 Å². The number of Topliss-reactive ketones (excluding diaryl/α,β-unsaturated/α-hetero) is 1. The number of nitrogens with zero attached hydrogens (tertiary/aromatic N) is 2. The highest BCUT2D eigenvalue weighted by molar-refractivity contribution is 6.28. The van der Waals surface area contributed by atoms with Crippen molar-refractivity contribution in [3.8, 4) is 11.5 Å². The SMILES string of the molecule is CC[C@H](c1ccc(O)cc1)[C@@H](C(=O)C=[N+]=[N-])c1ccc(O)cc1. The Morgan fingerprint density at radius 1 is 1.04 bits per heavy atom. The van der Waals surface area contributed by atoms with Crippen molar-refractivity contribution in [2.75, 3.05) is 0 Å². The topological polar surface area (TPSA) is 93.9 Å². The minimum Gasteiger partial charge on any atom is -0.508 e. The molecular weight excluding hydrogens is 292 g/mol. The van der Waals surface area contributed by atoms with E-state index < -0.39 is 5.92 Å². The maximum atomic E-state index is 12.4. The van der Waals surface area contributed by atoms with Gasteiger partial charge in [0.1, 0.15) is 11.5 Å². The highest BCUT2D eigenvalue weighted by atomic mass is 16.3. The van der Waals surface area contributed by atoms with Gasteiger partial charge in [0.25, 0.3) is 0 Å². The van der Waals surface area contributed by atoms with Crippen LogP contribution in [-0.2, 0) is 4.79 Å². The van der Waals surface area contributed by atoms with Crippen LogP contribution in [0.3, 0.4) is 0 Å². The molecule has 0 heterocycles. The number of carbonyl (C=O) groups is 1. The molecule has 0 spiro atoms. The molecule has 0 aliphatic rings. The minimum absolute atomic E-state index is 0.119. The summed E-state index contributed by atoms with van der Waals surface area (Å²) in [6, 6.07) is 13.1. The second-order valence-electron chi connectivity index (χ2n) is 5.32. The molecule has 2 rings (SSSR count). The van der Waals surface area contributed by atoms with Crippen molar-refractivity contribution in [3.63, 3.8) is 0 Å². The van der Waals surface area contributed by atoms with E-state index in [-0.39, 0.29) is 23.2 Å². The molecule has 2 atom stereocenters. The molecule has 0 saturated heterocycles. The van der Waals surface area contributed by atoms with Crippen molar-refractivity contribution in [2.45, 2.75) is 25.2 Å². The number of aromatic hydroxyl groups is 2. The summed E-state index contributed by atoms with van der Waals surface area (Å²) in [4.78, 5) is 15.3. The van der Waals surface area contributed by atoms with Gasteiger partial charge in [-0.05, 0) is 47.7 Å². The van der Waals surface area contributed by atoms with Gasteiger partial charge in [0.05, 0.1) is 5.92 Å². The zero-order valence-corrected chi connectivity index (χ0v) is 12.8. The average Bonchev–Trinajstić information content (AvgIpc) is 2.55. The number of phenolic OH excluding ortho intramolecular Hbond substituents is 2. The molecule has 0 saturated carbocycles. The number of hydrogen-bond donors (Lipinski definition) is 2. The predicted molar refractivity (Wildman–Crippen MR) is 86.7 cm³/mol. The highest BCUT2D eigenvalue weighted by Crippen LogP contribution is 2.37. The first-order valence-corrected chi connectivity index (χ1v) is 7.36. The fraction of sp³-hybridized carbons (Fsp3) is 0.222. The van der Waals surface area contributed by atoms with Gasteiger partial charge in [0, 0.05) is 0 Å². The van der Waals surface area contributed by atoms with E-state index >= 15 is 0 Å². The van der Waals surface area contributed by atoms with Crippen LogP contribution in [0.25, 0.3) is 5.53 Å². The summed E-state index contributed by atoms with van der Waals surface area (Å²) in [6.07, 6.45) is 1.59. The summed E-state index contributed by atoms with van der Waals surface area (Å²) in [7, 11) is 0. The third-order valence-corrected chi connectivity index (χ3v) is 3.91. The molecule has 5 nitrogen and oxygen atoms in total. The van der Waals surface area contributed by atoms with Crippen LogP contribution in [-0.4, -0.2) is 27.0 Å². The van der Waals surface area contributed by atoms with Crippen LogP contribution in [0.2, 0.25) is 0 Å². The Morgan fingerprint density at radius 3 is 1.96 bits per heavy atom. The van der Waals surface area contributed by atoms with Crippen molar-refractivity contribution in [2.24, 2.45) is 0 Å². The van der Waals surface area contributed by atoms with Crippen molar-refractivity contribution < 1.29 is 19.8 Å². The maximum Gasteiger partial charge on any atom is 0.323 e. The Balaban J connectivity index is 2.49. The number of ketones is 1. The molecule has 5 heteroatoms. The standard InChI is InChI=1S/C18H18N2O3/c1-2-16(12-3-7-14(21)8-4-12)18(17(23)11-20-19)13-5-9-15(22)10-6-13/h3-11,16,18,21-22H,2H2,1H3/t16-,18+/m1/s1. The van der Waals surface area contributed by atoms with Gasteiger partial charge in [0.15, 0.2) is 0 Å². The van der Waals surface area contributed by atoms with Crippen molar-refractivity contribution >= 4 is 12.0 Å². The van der Waals surface area contributed by atoms with Crippen LogP contribution in [0.1, 0.15) is 36.3 Å². The van der Waals surface area contributed by atoms with E-state index in [1.54, 1.807) is 36.4 Å². The van der Waals surface area contributed by atoms with Crippen LogP contribution in [0.4, 0.5) is 0 Å². The Kier molecular flexibility index (Phi) is 5.28. The van der Waals surface area contributed by atoms with E-state index in [0.29, 0.717) is 6.42 Å². The largest absolute Gasteiger partial charge is 0.508 e. The third-order valence-electron chi connectivity index (χ3n) is 3.91. The van der Waals surface area contributed by atoms with E-state index in [2.05, 4.69) is 4.79 Å². The predicted octanol–water partition coefficient (Wildman–Crippen LogP) is 3.24. The first-order valence-electron chi connectivity index (χ1n) is 7.36. The molecule has 0 fully saturated rings. The van der Waals surface area contributed by atoms with Gasteiger partial charge in [-0.2, -0.15) is 4.79 Å². The number of rotatable bonds is 6. The summed E-state index contributed by atoms with van der Waals surface area (Å²) in [5.74, 6) is -0.730. The monoisotopic (exact) mass is 310 g/mol. The molecule has 0 bridgehead atoms. The first-order chi connectivity index (χ1) is 11.1. The Labute approximate surface area is 134 Å². The molecule has 0 aliphatic heterocycles. The van der Waals surface area contributed by atoms with Gasteiger partial charge in [-0.25, -0.2) is 0 Å². The van der Waals surface area contributed by atoms with Crippen LogP contribution in [0, 0.1) is 0 Å². The van der Waals surface area contributed by atoms with Gasteiger partial charge in [-0.15, -0.1) is 0 Å². The summed E-state index contributed by atoms with van der Waals surface area (Å²) in [6.45, 7) is 1.97. The average molecular weight is 310 g/mol. The summed E-state index contributed by atoms with van der Waals surface area (Å²) in [5, 5.41) is 18.9. The van der Waals surface area contributed by atoms with E-state index in [1.807, 2.05) is 6.92 Å². The van der Waals surface area contributed by atoms with Crippen molar-refractivity contribution in [1.29, 1.82) is 0 Å². The molecule has 0 amide bonds. The van der Waals surface area contributed by atoms with Gasteiger partial charge in [0.2, 0.25) is 5.78 Å². The maximum absolute atomic E-state index is 12.4. The smallest absolute Gasteiger partial charge is 0.323 e. The van der Waals surface area contributed by atoms with E-state index in [1.165, 1.54) is 12.1 Å². The van der Waals surface area contributed by atoms with E-state index in [9.17, 15) is 15.0 Å². The van der Waals surface area contributed by atoms with Gasteiger partial charge in [-0.3, -0.25) is 4.79 Å². The van der Waals surface area contributed by atoms with Gasteiger partial charge in [-0.1, -0.05) is 31.2 Å². The molecule has 0 radical (unpaired) electrons. The fourth-order valence-corrected chi connectivity index (χ4v) is 2.80. The van der Waals surface area contributed by atoms with Crippen LogP contribution in [0.5, 0.6) is 11.5 Å². The first kappa shape index (κ1) is 16.5. The molecule has 118 valence electrons.